The fourth-order valence-corrected chi connectivity index (χ4v) is 2.95. The van der Waals surface area contributed by atoms with Crippen molar-refractivity contribution in [2.75, 3.05) is 26.8 Å². The highest BCUT2D eigenvalue weighted by atomic mass is 16.5. The average molecular weight is 243 g/mol. The van der Waals surface area contributed by atoms with E-state index in [0.29, 0.717) is 17.9 Å². The number of ether oxygens (including phenoxy) is 1. The summed E-state index contributed by atoms with van der Waals surface area (Å²) in [6.45, 7) is 9.17. The van der Waals surface area contributed by atoms with E-state index in [0.717, 1.165) is 39.0 Å². The molecule has 0 bridgehead atoms. The van der Waals surface area contributed by atoms with E-state index in [4.69, 9.17) is 4.74 Å². The minimum absolute atomic E-state index is 0.107. The van der Waals surface area contributed by atoms with Gasteiger partial charge in [0.05, 0.1) is 12.7 Å². The van der Waals surface area contributed by atoms with Crippen LogP contribution in [0.3, 0.4) is 0 Å². The molecular formula is C14H29NO2. The van der Waals surface area contributed by atoms with Gasteiger partial charge in [-0.05, 0) is 45.1 Å². The lowest BCUT2D eigenvalue weighted by Gasteiger charge is -2.41. The number of aliphatic hydroxyl groups excluding tert-OH is 1. The van der Waals surface area contributed by atoms with Crippen molar-refractivity contribution in [3.8, 4) is 0 Å². The van der Waals surface area contributed by atoms with Crippen LogP contribution in [0, 0.1) is 11.8 Å². The highest BCUT2D eigenvalue weighted by Gasteiger charge is 2.33. The predicted octanol–water partition coefficient (Wildman–Crippen LogP) is 2.14. The number of nitrogens with zero attached hydrogens (tertiary/aromatic N) is 1. The molecule has 0 aromatic rings. The predicted molar refractivity (Wildman–Crippen MR) is 71.1 cm³/mol. The van der Waals surface area contributed by atoms with Crippen molar-refractivity contribution in [2.45, 2.75) is 52.2 Å². The monoisotopic (exact) mass is 243 g/mol. The molecule has 0 spiro atoms. The minimum Gasteiger partial charge on any atom is -0.393 e. The second-order valence-electron chi connectivity index (χ2n) is 5.62. The SMILES string of the molecule is CCOCCN(C)C1CC(O)CCC1C(C)C. The van der Waals surface area contributed by atoms with E-state index >= 15 is 0 Å². The van der Waals surface area contributed by atoms with Crippen molar-refractivity contribution in [2.24, 2.45) is 11.8 Å². The van der Waals surface area contributed by atoms with Crippen molar-refractivity contribution in [3.05, 3.63) is 0 Å². The zero-order chi connectivity index (χ0) is 12.8. The van der Waals surface area contributed by atoms with Gasteiger partial charge in [0.1, 0.15) is 0 Å². The van der Waals surface area contributed by atoms with Gasteiger partial charge in [0, 0.05) is 19.2 Å². The molecule has 1 N–H and O–H groups in total. The topological polar surface area (TPSA) is 32.7 Å². The Morgan fingerprint density at radius 3 is 2.65 bits per heavy atom. The summed E-state index contributed by atoms with van der Waals surface area (Å²) in [6, 6.07) is 0.513. The zero-order valence-electron chi connectivity index (χ0n) is 11.9. The molecule has 0 radical (unpaired) electrons. The van der Waals surface area contributed by atoms with Crippen molar-refractivity contribution in [1.82, 2.24) is 4.90 Å². The van der Waals surface area contributed by atoms with E-state index in [-0.39, 0.29) is 6.10 Å². The van der Waals surface area contributed by atoms with Crippen LogP contribution < -0.4 is 0 Å². The van der Waals surface area contributed by atoms with Crippen molar-refractivity contribution < 1.29 is 9.84 Å². The van der Waals surface area contributed by atoms with Gasteiger partial charge < -0.3 is 14.7 Å². The van der Waals surface area contributed by atoms with E-state index in [9.17, 15) is 5.11 Å². The first-order chi connectivity index (χ1) is 8.06. The maximum absolute atomic E-state index is 9.84. The van der Waals surface area contributed by atoms with Crippen LogP contribution in [0.15, 0.2) is 0 Å². The summed E-state index contributed by atoms with van der Waals surface area (Å²) in [7, 11) is 2.16. The highest BCUT2D eigenvalue weighted by molar-refractivity contribution is 4.87. The standard InChI is InChI=1S/C14H29NO2/c1-5-17-9-8-15(4)14-10-12(16)6-7-13(14)11(2)3/h11-14,16H,5-10H2,1-4H3. The molecule has 0 aliphatic heterocycles. The van der Waals surface area contributed by atoms with Crippen molar-refractivity contribution in [1.29, 1.82) is 0 Å². The third kappa shape index (κ3) is 4.57. The van der Waals surface area contributed by atoms with Gasteiger partial charge in [-0.25, -0.2) is 0 Å². The molecule has 1 fully saturated rings. The molecule has 1 saturated carbocycles. The Morgan fingerprint density at radius 1 is 1.35 bits per heavy atom. The molecule has 0 amide bonds. The van der Waals surface area contributed by atoms with Gasteiger partial charge in [0.2, 0.25) is 0 Å². The molecule has 3 unspecified atom stereocenters. The van der Waals surface area contributed by atoms with Gasteiger partial charge in [-0.2, -0.15) is 0 Å². The summed E-state index contributed by atoms with van der Waals surface area (Å²) in [4.78, 5) is 2.38. The van der Waals surface area contributed by atoms with Gasteiger partial charge >= 0.3 is 0 Å². The lowest BCUT2D eigenvalue weighted by Crippen LogP contribution is -2.46. The first-order valence-electron chi connectivity index (χ1n) is 7.02. The molecule has 0 aromatic carbocycles. The van der Waals surface area contributed by atoms with E-state index in [1.54, 1.807) is 0 Å². The molecule has 102 valence electrons. The van der Waals surface area contributed by atoms with Crippen molar-refractivity contribution >= 4 is 0 Å². The smallest absolute Gasteiger partial charge is 0.0593 e. The van der Waals surface area contributed by atoms with Gasteiger partial charge in [-0.3, -0.25) is 0 Å². The lowest BCUT2D eigenvalue weighted by molar-refractivity contribution is 0.0106. The Balaban J connectivity index is 2.49. The summed E-state index contributed by atoms with van der Waals surface area (Å²) >= 11 is 0. The Labute approximate surface area is 106 Å². The summed E-state index contributed by atoms with van der Waals surface area (Å²) < 4.78 is 5.41. The summed E-state index contributed by atoms with van der Waals surface area (Å²) in [6.07, 6.45) is 2.94. The van der Waals surface area contributed by atoms with Crippen LogP contribution in [0.4, 0.5) is 0 Å². The average Bonchev–Trinajstić information content (AvgIpc) is 2.28. The van der Waals surface area contributed by atoms with Crippen LogP contribution >= 0.6 is 0 Å². The second-order valence-corrected chi connectivity index (χ2v) is 5.62. The fourth-order valence-electron chi connectivity index (χ4n) is 2.95. The molecule has 1 aliphatic carbocycles. The third-order valence-corrected chi connectivity index (χ3v) is 4.06. The summed E-state index contributed by atoms with van der Waals surface area (Å²) in [5.41, 5.74) is 0. The molecule has 3 heteroatoms. The van der Waals surface area contributed by atoms with Crippen LogP contribution in [0.5, 0.6) is 0 Å². The molecule has 3 atom stereocenters. The Morgan fingerprint density at radius 2 is 2.06 bits per heavy atom. The summed E-state index contributed by atoms with van der Waals surface area (Å²) in [5.74, 6) is 1.41. The molecule has 1 rings (SSSR count). The van der Waals surface area contributed by atoms with E-state index in [1.165, 1.54) is 0 Å². The molecule has 17 heavy (non-hydrogen) atoms. The molecular weight excluding hydrogens is 214 g/mol. The largest absolute Gasteiger partial charge is 0.393 e. The number of hydrogen-bond acceptors (Lipinski definition) is 3. The first kappa shape index (κ1) is 14.9. The normalized spacial score (nSPS) is 30.2. The Bertz CT molecular complexity index is 208. The van der Waals surface area contributed by atoms with Crippen molar-refractivity contribution in [3.63, 3.8) is 0 Å². The van der Waals surface area contributed by atoms with Crippen LogP contribution in [0.25, 0.3) is 0 Å². The maximum Gasteiger partial charge on any atom is 0.0593 e. The van der Waals surface area contributed by atoms with Gasteiger partial charge in [0.15, 0.2) is 0 Å². The lowest BCUT2D eigenvalue weighted by atomic mass is 9.76. The molecule has 0 aromatic heterocycles. The number of hydrogen-bond donors (Lipinski definition) is 1. The number of likely N-dealkylation sites (N-methyl/N-ethyl adjacent to an activating group) is 1. The second kappa shape index (κ2) is 7.34. The quantitative estimate of drug-likeness (QED) is 0.726. The van der Waals surface area contributed by atoms with Gasteiger partial charge in [0.25, 0.3) is 0 Å². The molecule has 1 aliphatic rings. The first-order valence-corrected chi connectivity index (χ1v) is 7.02. The number of rotatable bonds is 6. The Hall–Kier alpha value is -0.120. The van der Waals surface area contributed by atoms with Crippen LogP contribution in [0.2, 0.25) is 0 Å². The van der Waals surface area contributed by atoms with Crippen LogP contribution in [-0.4, -0.2) is 49.0 Å². The fraction of sp³-hybridized carbons (Fsp3) is 1.00. The molecule has 0 heterocycles. The van der Waals surface area contributed by atoms with Crippen LogP contribution in [-0.2, 0) is 4.74 Å². The third-order valence-electron chi connectivity index (χ3n) is 4.06. The van der Waals surface area contributed by atoms with E-state index < -0.39 is 0 Å². The molecule has 0 saturated heterocycles. The van der Waals surface area contributed by atoms with Gasteiger partial charge in [-0.15, -0.1) is 0 Å². The van der Waals surface area contributed by atoms with E-state index in [1.807, 2.05) is 6.92 Å². The minimum atomic E-state index is -0.107. The zero-order valence-corrected chi connectivity index (χ0v) is 11.9. The molecule has 3 nitrogen and oxygen atoms in total. The maximum atomic E-state index is 9.84. The van der Waals surface area contributed by atoms with Crippen LogP contribution in [0.1, 0.15) is 40.0 Å². The highest BCUT2D eigenvalue weighted by Crippen LogP contribution is 2.33. The number of aliphatic hydroxyl groups is 1. The van der Waals surface area contributed by atoms with Gasteiger partial charge in [-0.1, -0.05) is 13.8 Å². The van der Waals surface area contributed by atoms with E-state index in [2.05, 4.69) is 25.8 Å². The Kier molecular flexibility index (Phi) is 6.45. The summed E-state index contributed by atoms with van der Waals surface area (Å²) in [5, 5.41) is 9.84.